The number of hydrogen-bond donors (Lipinski definition) is 2. The maximum absolute atomic E-state index is 12.5. The van der Waals surface area contributed by atoms with Gasteiger partial charge in [-0.1, -0.05) is 0 Å². The summed E-state index contributed by atoms with van der Waals surface area (Å²) < 4.78 is 37.8. The maximum atomic E-state index is 12.5. The van der Waals surface area contributed by atoms with Crippen molar-refractivity contribution in [3.05, 3.63) is 36.5 Å². The lowest BCUT2D eigenvalue weighted by molar-refractivity contribution is 0.354. The van der Waals surface area contributed by atoms with Crippen LogP contribution in [-0.4, -0.2) is 59.7 Å². The number of benzene rings is 1. The molecule has 0 radical (unpaired) electrons. The number of rotatable bonds is 9. The number of methoxy groups -OCH3 is 2. The average Bonchev–Trinajstić information content (AvgIpc) is 2.62. The lowest BCUT2D eigenvalue weighted by Crippen LogP contribution is -2.20. The lowest BCUT2D eigenvalue weighted by atomic mass is 10.3. The zero-order valence-electron chi connectivity index (χ0n) is 15.3. The third kappa shape index (κ3) is 5.24. The summed E-state index contributed by atoms with van der Waals surface area (Å²) in [6.45, 7) is 1.65. The van der Waals surface area contributed by atoms with E-state index in [1.807, 2.05) is 14.1 Å². The molecule has 2 N–H and O–H groups in total. The summed E-state index contributed by atoms with van der Waals surface area (Å²) in [5, 5.41) is 3.21. The van der Waals surface area contributed by atoms with Gasteiger partial charge in [0.25, 0.3) is 10.0 Å². The Morgan fingerprint density at radius 2 is 1.81 bits per heavy atom. The summed E-state index contributed by atoms with van der Waals surface area (Å²) in [6, 6.07) is 7.77. The molecule has 0 amide bonds. The second-order valence-corrected chi connectivity index (χ2v) is 7.47. The van der Waals surface area contributed by atoms with E-state index in [0.29, 0.717) is 11.5 Å². The monoisotopic (exact) mass is 380 g/mol. The van der Waals surface area contributed by atoms with Crippen molar-refractivity contribution in [2.45, 2.75) is 4.90 Å². The third-order valence-electron chi connectivity index (χ3n) is 3.56. The molecule has 0 unspecified atom stereocenters. The summed E-state index contributed by atoms with van der Waals surface area (Å²) >= 11 is 0. The first-order valence-corrected chi connectivity index (χ1v) is 9.43. The van der Waals surface area contributed by atoms with Gasteiger partial charge < -0.3 is 19.7 Å². The van der Waals surface area contributed by atoms with E-state index in [1.54, 1.807) is 24.4 Å². The Labute approximate surface area is 154 Å². The smallest absolute Gasteiger partial charge is 0.263 e. The summed E-state index contributed by atoms with van der Waals surface area (Å²) in [5.74, 6) is 1.03. The molecule has 0 saturated heterocycles. The second kappa shape index (κ2) is 8.72. The number of anilines is 2. The number of sulfonamides is 1. The van der Waals surface area contributed by atoms with Gasteiger partial charge in [0.2, 0.25) is 0 Å². The summed E-state index contributed by atoms with van der Waals surface area (Å²) in [7, 11) is 3.14. The maximum Gasteiger partial charge on any atom is 0.263 e. The van der Waals surface area contributed by atoms with Crippen LogP contribution in [0.1, 0.15) is 0 Å². The van der Waals surface area contributed by atoms with Gasteiger partial charge in [-0.15, -0.1) is 0 Å². The average molecular weight is 380 g/mol. The van der Waals surface area contributed by atoms with Gasteiger partial charge in [-0.2, -0.15) is 0 Å². The van der Waals surface area contributed by atoms with Crippen molar-refractivity contribution in [1.29, 1.82) is 0 Å². The number of aromatic nitrogens is 1. The van der Waals surface area contributed by atoms with Crippen molar-refractivity contribution < 1.29 is 17.9 Å². The van der Waals surface area contributed by atoms with Crippen molar-refractivity contribution in [1.82, 2.24) is 9.88 Å². The van der Waals surface area contributed by atoms with E-state index in [9.17, 15) is 8.42 Å². The van der Waals surface area contributed by atoms with Crippen LogP contribution >= 0.6 is 0 Å². The minimum atomic E-state index is -3.79. The quantitative estimate of drug-likeness (QED) is 0.686. The van der Waals surface area contributed by atoms with E-state index in [1.165, 1.54) is 26.4 Å². The molecule has 1 aromatic heterocycles. The highest BCUT2D eigenvalue weighted by Crippen LogP contribution is 2.30. The van der Waals surface area contributed by atoms with Crippen molar-refractivity contribution in [2.75, 3.05) is 51.4 Å². The van der Waals surface area contributed by atoms with E-state index in [0.717, 1.165) is 18.8 Å². The second-order valence-electron chi connectivity index (χ2n) is 5.78. The summed E-state index contributed by atoms with van der Waals surface area (Å²) in [4.78, 5) is 6.26. The highest BCUT2D eigenvalue weighted by molar-refractivity contribution is 7.92. The topological polar surface area (TPSA) is 92.8 Å². The summed E-state index contributed by atoms with van der Waals surface area (Å²) in [5.41, 5.74) is 0.820. The third-order valence-corrected chi connectivity index (χ3v) is 4.91. The van der Waals surface area contributed by atoms with Crippen LogP contribution in [0.25, 0.3) is 0 Å². The fourth-order valence-corrected chi connectivity index (χ4v) is 3.19. The minimum absolute atomic E-state index is 0.0603. The van der Waals surface area contributed by atoms with E-state index in [4.69, 9.17) is 9.47 Å². The Morgan fingerprint density at radius 1 is 1.08 bits per heavy atom. The normalized spacial score (nSPS) is 11.3. The predicted octanol–water partition coefficient (Wildman–Crippen LogP) is 1.87. The molecule has 0 spiro atoms. The molecule has 0 fully saturated rings. The molecule has 8 nitrogen and oxygen atoms in total. The molecule has 0 bridgehead atoms. The van der Waals surface area contributed by atoms with Crippen LogP contribution in [-0.2, 0) is 10.0 Å². The van der Waals surface area contributed by atoms with Gasteiger partial charge in [0.15, 0.2) is 11.5 Å². The molecule has 9 heteroatoms. The standard InChI is InChI=1S/C17H24N4O4S/c1-21(2)10-9-18-13-5-8-17(19-12-13)20-26(22,23)14-6-7-15(24-3)16(11-14)25-4/h5-8,11-12,18H,9-10H2,1-4H3,(H,19,20). The molecule has 2 rings (SSSR count). The zero-order chi connectivity index (χ0) is 19.2. The molecular weight excluding hydrogens is 356 g/mol. The van der Waals surface area contributed by atoms with Gasteiger partial charge in [0, 0.05) is 19.2 Å². The highest BCUT2D eigenvalue weighted by Gasteiger charge is 2.17. The molecule has 2 aromatic rings. The Bertz CT molecular complexity index is 823. The number of pyridine rings is 1. The fourth-order valence-electron chi connectivity index (χ4n) is 2.16. The Balaban J connectivity index is 2.09. The van der Waals surface area contributed by atoms with E-state index < -0.39 is 10.0 Å². The van der Waals surface area contributed by atoms with Crippen molar-refractivity contribution in [2.24, 2.45) is 0 Å². The highest BCUT2D eigenvalue weighted by atomic mass is 32.2. The molecule has 0 atom stereocenters. The number of ether oxygens (including phenoxy) is 2. The SMILES string of the molecule is COc1ccc(S(=O)(=O)Nc2ccc(NCCN(C)C)cn2)cc1OC. The van der Waals surface area contributed by atoms with Gasteiger partial charge >= 0.3 is 0 Å². The molecule has 0 aliphatic heterocycles. The summed E-state index contributed by atoms with van der Waals surface area (Å²) in [6.07, 6.45) is 1.59. The van der Waals surface area contributed by atoms with Crippen molar-refractivity contribution >= 4 is 21.5 Å². The molecule has 1 aromatic carbocycles. The lowest BCUT2D eigenvalue weighted by Gasteiger charge is -2.12. The Kier molecular flexibility index (Phi) is 6.64. The van der Waals surface area contributed by atoms with Gasteiger partial charge in [0.05, 0.1) is 31.0 Å². The minimum Gasteiger partial charge on any atom is -0.493 e. The van der Waals surface area contributed by atoms with Crippen LogP contribution in [0, 0.1) is 0 Å². The Hall–Kier alpha value is -2.52. The van der Waals surface area contributed by atoms with E-state index >= 15 is 0 Å². The number of hydrogen-bond acceptors (Lipinski definition) is 7. The zero-order valence-corrected chi connectivity index (χ0v) is 16.1. The van der Waals surface area contributed by atoms with Crippen LogP contribution in [0.2, 0.25) is 0 Å². The van der Waals surface area contributed by atoms with Crippen LogP contribution in [0.3, 0.4) is 0 Å². The van der Waals surface area contributed by atoms with E-state index in [-0.39, 0.29) is 10.7 Å². The molecule has 0 saturated carbocycles. The number of nitrogens with zero attached hydrogens (tertiary/aromatic N) is 2. The van der Waals surface area contributed by atoms with Crippen LogP contribution in [0.5, 0.6) is 11.5 Å². The molecule has 26 heavy (non-hydrogen) atoms. The van der Waals surface area contributed by atoms with Crippen molar-refractivity contribution in [3.63, 3.8) is 0 Å². The number of likely N-dealkylation sites (N-methyl/N-ethyl adjacent to an activating group) is 1. The van der Waals surface area contributed by atoms with Gasteiger partial charge in [0.1, 0.15) is 5.82 Å². The van der Waals surface area contributed by atoms with Crippen molar-refractivity contribution in [3.8, 4) is 11.5 Å². The molecule has 0 aliphatic carbocycles. The molecule has 1 heterocycles. The van der Waals surface area contributed by atoms with Crippen LogP contribution in [0.4, 0.5) is 11.5 Å². The first-order chi connectivity index (χ1) is 12.4. The van der Waals surface area contributed by atoms with E-state index in [2.05, 4.69) is 19.9 Å². The fraction of sp³-hybridized carbons (Fsp3) is 0.353. The van der Waals surface area contributed by atoms with Gasteiger partial charge in [-0.05, 0) is 38.4 Å². The molecule has 0 aliphatic rings. The predicted molar refractivity (Wildman–Crippen MR) is 102 cm³/mol. The Morgan fingerprint density at radius 3 is 2.38 bits per heavy atom. The first-order valence-electron chi connectivity index (χ1n) is 7.95. The number of nitrogens with one attached hydrogen (secondary N) is 2. The first kappa shape index (κ1) is 19.8. The molecular formula is C17H24N4O4S. The largest absolute Gasteiger partial charge is 0.493 e. The van der Waals surface area contributed by atoms with Gasteiger partial charge in [-0.3, -0.25) is 4.72 Å². The van der Waals surface area contributed by atoms with Gasteiger partial charge in [-0.25, -0.2) is 13.4 Å². The van der Waals surface area contributed by atoms with Crippen LogP contribution < -0.4 is 19.5 Å². The van der Waals surface area contributed by atoms with Crippen LogP contribution in [0.15, 0.2) is 41.4 Å². The molecule has 142 valence electrons.